The van der Waals surface area contributed by atoms with Gasteiger partial charge in [0.1, 0.15) is 22.1 Å². The van der Waals surface area contributed by atoms with Gasteiger partial charge in [0.15, 0.2) is 5.78 Å². The smallest absolute Gasteiger partial charge is 0.168 e. The summed E-state index contributed by atoms with van der Waals surface area (Å²) in [4.78, 5) is 19.3. The van der Waals surface area contributed by atoms with Crippen molar-refractivity contribution < 1.29 is 14.1 Å². The number of aryl methyl sites for hydroxylation is 2. The average molecular weight is 400 g/mol. The van der Waals surface area contributed by atoms with Crippen molar-refractivity contribution >= 4 is 24.1 Å². The van der Waals surface area contributed by atoms with Crippen LogP contribution in [0.4, 0.5) is 0 Å². The van der Waals surface area contributed by atoms with Crippen molar-refractivity contribution in [3.05, 3.63) is 53.7 Å². The van der Waals surface area contributed by atoms with E-state index in [4.69, 9.17) is 26.9 Å². The zero-order chi connectivity index (χ0) is 20.1. The molecule has 0 aromatic carbocycles. The number of nitrogens with zero attached hydrogens (tertiary/aromatic N) is 3. The van der Waals surface area contributed by atoms with Gasteiger partial charge < -0.3 is 14.2 Å². The summed E-state index contributed by atoms with van der Waals surface area (Å²) in [5.74, 6) is 1.45. The van der Waals surface area contributed by atoms with Crippen LogP contribution >= 0.6 is 12.6 Å². The molecule has 0 radical (unpaired) electrons. The number of hydrogen-bond acceptors (Lipinski definition) is 7. The third-order valence-corrected chi connectivity index (χ3v) is 6.27. The Morgan fingerprint density at radius 3 is 2.89 bits per heavy atom. The third kappa shape index (κ3) is 3.16. The molecule has 2 fully saturated rings. The lowest BCUT2D eigenvalue weighted by Crippen LogP contribution is -2.46. The van der Waals surface area contributed by atoms with Crippen LogP contribution in [0.25, 0.3) is 0 Å². The molecule has 4 heterocycles. The lowest BCUT2D eigenvalue weighted by atomic mass is 9.99. The first kappa shape index (κ1) is 19.2. The first-order chi connectivity index (χ1) is 13.3. The van der Waals surface area contributed by atoms with E-state index in [2.05, 4.69) is 23.2 Å². The molecule has 148 valence electrons. The van der Waals surface area contributed by atoms with Gasteiger partial charge in [-0.25, -0.2) is 4.99 Å². The van der Waals surface area contributed by atoms with E-state index in [1.54, 1.807) is 13.8 Å². The fourth-order valence-corrected chi connectivity index (χ4v) is 4.80. The van der Waals surface area contributed by atoms with Crippen LogP contribution in [0.15, 0.2) is 46.2 Å². The highest BCUT2D eigenvalue weighted by molar-refractivity contribution is 7.81. The molecular weight excluding hydrogens is 374 g/mol. The maximum Gasteiger partial charge on any atom is 0.168 e. The number of thiol groups is 1. The monoisotopic (exact) mass is 399 g/mol. The van der Waals surface area contributed by atoms with Crippen molar-refractivity contribution in [3.8, 4) is 0 Å². The number of morpholine rings is 1. The SMILES string of the molecule is C=C[C@]12CN(C3=CC(=C)CC(CCC(=O)c4c(C)noc4C)=N3)[C@](S)(CO1)C2. The lowest BCUT2D eigenvalue weighted by Gasteiger charge is -2.38. The Labute approximate surface area is 170 Å². The van der Waals surface area contributed by atoms with Crippen molar-refractivity contribution in [2.75, 3.05) is 13.2 Å². The fraction of sp³-hybridized carbons (Fsp3) is 0.476. The molecule has 6 nitrogen and oxygen atoms in total. The predicted molar refractivity (Wildman–Crippen MR) is 111 cm³/mol. The number of aliphatic imine (C=N–C) groups is 1. The van der Waals surface area contributed by atoms with E-state index in [9.17, 15) is 4.79 Å². The number of rotatable bonds is 6. The minimum Gasteiger partial charge on any atom is -0.366 e. The van der Waals surface area contributed by atoms with Crippen LogP contribution < -0.4 is 0 Å². The molecule has 1 aromatic heterocycles. The van der Waals surface area contributed by atoms with E-state index in [0.717, 1.165) is 23.5 Å². The summed E-state index contributed by atoms with van der Waals surface area (Å²) in [6.45, 7) is 12.8. The summed E-state index contributed by atoms with van der Waals surface area (Å²) in [5.41, 5.74) is 2.80. The summed E-state index contributed by atoms with van der Waals surface area (Å²) in [5, 5.41) is 3.87. The summed E-state index contributed by atoms with van der Waals surface area (Å²) >= 11 is 4.88. The molecule has 0 N–H and O–H groups in total. The van der Waals surface area contributed by atoms with E-state index in [1.807, 2.05) is 12.2 Å². The number of ether oxygens (including phenoxy) is 1. The molecule has 0 amide bonds. The van der Waals surface area contributed by atoms with E-state index in [-0.39, 0.29) is 11.4 Å². The minimum atomic E-state index is -0.390. The Hall–Kier alpha value is -2.12. The van der Waals surface area contributed by atoms with Crippen LogP contribution in [0, 0.1) is 13.8 Å². The molecule has 0 unspecified atom stereocenters. The van der Waals surface area contributed by atoms with Gasteiger partial charge in [0.05, 0.1) is 24.4 Å². The molecule has 3 aliphatic heterocycles. The van der Waals surface area contributed by atoms with Gasteiger partial charge >= 0.3 is 0 Å². The van der Waals surface area contributed by atoms with Crippen LogP contribution in [-0.2, 0) is 4.74 Å². The Morgan fingerprint density at radius 2 is 2.25 bits per heavy atom. The maximum absolute atomic E-state index is 12.6. The number of allylic oxidation sites excluding steroid dienone is 2. The predicted octanol–water partition coefficient (Wildman–Crippen LogP) is 3.78. The first-order valence-corrected chi connectivity index (χ1v) is 9.89. The number of carbonyl (C=O) groups excluding carboxylic acids is 1. The Bertz CT molecular complexity index is 912. The molecule has 2 atom stereocenters. The van der Waals surface area contributed by atoms with Crippen LogP contribution in [0.1, 0.15) is 47.5 Å². The summed E-state index contributed by atoms with van der Waals surface area (Å²) < 4.78 is 11.0. The summed E-state index contributed by atoms with van der Waals surface area (Å²) in [6, 6.07) is 0. The number of carbonyl (C=O) groups is 1. The molecule has 4 rings (SSSR count). The van der Waals surface area contributed by atoms with Gasteiger partial charge in [0.2, 0.25) is 0 Å². The van der Waals surface area contributed by atoms with Gasteiger partial charge in [-0.3, -0.25) is 4.79 Å². The van der Waals surface area contributed by atoms with Crippen LogP contribution in [0.2, 0.25) is 0 Å². The Morgan fingerprint density at radius 1 is 1.46 bits per heavy atom. The quantitative estimate of drug-likeness (QED) is 0.448. The van der Waals surface area contributed by atoms with E-state index in [1.165, 1.54) is 0 Å². The standard InChI is InChI=1S/C21H25N3O3S/c1-5-20-10-21(28,12-26-20)24(11-20)18-9-13(2)8-16(22-18)6-7-17(25)19-14(3)23-27-15(19)4/h5,9,28H,1-2,6-8,10-12H2,3-4H3/t20-,21+/m0/s1. The second-order valence-corrected chi connectivity index (χ2v) is 8.77. The van der Waals surface area contributed by atoms with Gasteiger partial charge in [0, 0.05) is 25.0 Å². The molecular formula is C21H25N3O3S. The molecule has 2 bridgehead atoms. The molecule has 3 aliphatic rings. The number of fused-ring (bicyclic) bond motifs is 2. The van der Waals surface area contributed by atoms with Crippen molar-refractivity contribution in [1.29, 1.82) is 0 Å². The van der Waals surface area contributed by atoms with E-state index >= 15 is 0 Å². The van der Waals surface area contributed by atoms with E-state index < -0.39 is 4.87 Å². The molecule has 0 aliphatic carbocycles. The topological polar surface area (TPSA) is 67.9 Å². The number of Topliss-reactive ketones (excluding diaryl/α,β-unsaturated/α-hetero) is 1. The van der Waals surface area contributed by atoms with Crippen LogP contribution in [0.5, 0.6) is 0 Å². The van der Waals surface area contributed by atoms with Gasteiger partial charge in [-0.15, -0.1) is 19.2 Å². The van der Waals surface area contributed by atoms with Crippen molar-refractivity contribution in [3.63, 3.8) is 0 Å². The van der Waals surface area contributed by atoms with Gasteiger partial charge in [-0.1, -0.05) is 17.8 Å². The largest absolute Gasteiger partial charge is 0.366 e. The highest BCUT2D eigenvalue weighted by atomic mass is 32.1. The Balaban J connectivity index is 1.50. The number of aromatic nitrogens is 1. The van der Waals surface area contributed by atoms with Crippen molar-refractivity contribution in [2.24, 2.45) is 4.99 Å². The fourth-order valence-electron chi connectivity index (χ4n) is 4.30. The van der Waals surface area contributed by atoms with Gasteiger partial charge in [0.25, 0.3) is 0 Å². The van der Waals surface area contributed by atoms with Gasteiger partial charge in [-0.2, -0.15) is 0 Å². The molecule has 0 saturated carbocycles. The molecule has 2 saturated heterocycles. The highest BCUT2D eigenvalue weighted by Crippen LogP contribution is 2.50. The minimum absolute atomic E-state index is 0.0329. The molecule has 0 spiro atoms. The number of ketones is 1. The average Bonchev–Trinajstić information content (AvgIpc) is 3.28. The van der Waals surface area contributed by atoms with Crippen molar-refractivity contribution in [2.45, 2.75) is 50.0 Å². The first-order valence-electron chi connectivity index (χ1n) is 9.45. The van der Waals surface area contributed by atoms with Crippen LogP contribution in [0.3, 0.4) is 0 Å². The number of likely N-dealkylation sites (tertiary alicyclic amines) is 1. The second kappa shape index (κ2) is 6.74. The van der Waals surface area contributed by atoms with E-state index in [0.29, 0.717) is 49.4 Å². The van der Waals surface area contributed by atoms with Gasteiger partial charge in [-0.05, 0) is 31.9 Å². The molecule has 7 heteroatoms. The lowest BCUT2D eigenvalue weighted by molar-refractivity contribution is -0.00994. The number of hydrogen-bond donors (Lipinski definition) is 1. The van der Waals surface area contributed by atoms with Crippen LogP contribution in [-0.4, -0.2) is 45.2 Å². The Kier molecular flexibility index (Phi) is 4.62. The molecule has 1 aromatic rings. The van der Waals surface area contributed by atoms with Crippen molar-refractivity contribution in [1.82, 2.24) is 10.1 Å². The zero-order valence-corrected chi connectivity index (χ0v) is 17.2. The second-order valence-electron chi connectivity index (χ2n) is 7.94. The highest BCUT2D eigenvalue weighted by Gasteiger charge is 2.58. The zero-order valence-electron chi connectivity index (χ0n) is 16.3. The maximum atomic E-state index is 12.6. The summed E-state index contributed by atoms with van der Waals surface area (Å²) in [7, 11) is 0. The summed E-state index contributed by atoms with van der Waals surface area (Å²) in [6.07, 6.45) is 6.29. The third-order valence-electron chi connectivity index (χ3n) is 5.74. The molecule has 28 heavy (non-hydrogen) atoms. The normalized spacial score (nSPS) is 29.1.